The number of amidine groups is 2. The lowest BCUT2D eigenvalue weighted by atomic mass is 10.1. The number of thioether (sulfide) groups is 2. The minimum Gasteiger partial charge on any atom is -0.381 e. The van der Waals surface area contributed by atoms with Gasteiger partial charge in [-0.15, -0.1) is 23.5 Å². The Morgan fingerprint density at radius 3 is 2.02 bits per heavy atom. The van der Waals surface area contributed by atoms with Crippen LogP contribution in [-0.2, 0) is 18.9 Å². The van der Waals surface area contributed by atoms with E-state index in [1.165, 1.54) is 12.8 Å². The van der Waals surface area contributed by atoms with Crippen molar-refractivity contribution in [3.8, 4) is 0 Å². The van der Waals surface area contributed by atoms with Crippen LogP contribution in [0.2, 0.25) is 0 Å². The molecule has 2 fully saturated rings. The Hall–Kier alpha value is -1.44. The molecule has 10 nitrogen and oxygen atoms in total. The topological polar surface area (TPSA) is 74.6 Å². The number of ether oxygens (including phenoxy) is 4. The molecule has 4 rings (SSSR count). The van der Waals surface area contributed by atoms with E-state index in [1.54, 1.807) is 26.0 Å². The first-order valence-electron chi connectivity index (χ1n) is 14.5. The molecule has 40 heavy (non-hydrogen) atoms. The van der Waals surface area contributed by atoms with Crippen molar-refractivity contribution in [2.75, 3.05) is 79.0 Å². The van der Waals surface area contributed by atoms with Crippen molar-refractivity contribution in [2.45, 2.75) is 56.4 Å². The number of methoxy groups -OCH3 is 2. The van der Waals surface area contributed by atoms with Crippen LogP contribution in [0, 0.1) is 5.92 Å². The highest BCUT2D eigenvalue weighted by Crippen LogP contribution is 2.29. The van der Waals surface area contributed by atoms with Gasteiger partial charge in [0.1, 0.15) is 48.3 Å². The highest BCUT2D eigenvalue weighted by Gasteiger charge is 2.31. The quantitative estimate of drug-likeness (QED) is 0.297. The number of hydrogen-bond acceptors (Lipinski definition) is 12. The van der Waals surface area contributed by atoms with Gasteiger partial charge in [0, 0.05) is 64.8 Å². The summed E-state index contributed by atoms with van der Waals surface area (Å²) in [7, 11) is 5.58. The Labute approximate surface area is 249 Å². The Morgan fingerprint density at radius 2 is 1.52 bits per heavy atom. The summed E-state index contributed by atoms with van der Waals surface area (Å²) in [4.78, 5) is 18.9. The summed E-state index contributed by atoms with van der Waals surface area (Å²) in [5.74, 6) is 4.52. The Kier molecular flexibility index (Phi) is 12.8. The fourth-order valence-corrected chi connectivity index (χ4v) is 7.24. The van der Waals surface area contributed by atoms with E-state index in [4.69, 9.17) is 28.9 Å². The standard InChI is InChI=1S/C28H48N6O4S2/c1-6-7-11-32(24-10-14-34(21-30-24)26-19-40-28(38-26)17-36-5)12-8-22(2)15-31(3)23-9-13-33(20-29-23)25-18-39-27(37-25)16-35-4/h9-10,13-14,22,25-28H,6-8,11-12,15-21H2,1-5H3/t22?,25-,26-,27+,28+/m1/s1. The van der Waals surface area contributed by atoms with Crippen LogP contribution < -0.4 is 0 Å². The molecule has 5 atom stereocenters. The summed E-state index contributed by atoms with van der Waals surface area (Å²) < 4.78 is 22.7. The number of nitrogens with zero attached hydrogens (tertiary/aromatic N) is 6. The maximum Gasteiger partial charge on any atom is 0.142 e. The first-order chi connectivity index (χ1) is 19.5. The Balaban J connectivity index is 1.21. The average molecular weight is 597 g/mol. The summed E-state index contributed by atoms with van der Waals surface area (Å²) in [6, 6.07) is 0. The van der Waals surface area contributed by atoms with Gasteiger partial charge in [0.05, 0.1) is 13.2 Å². The van der Waals surface area contributed by atoms with Crippen LogP contribution in [0.1, 0.15) is 33.1 Å². The molecule has 4 heterocycles. The van der Waals surface area contributed by atoms with E-state index in [2.05, 4.69) is 65.0 Å². The van der Waals surface area contributed by atoms with E-state index >= 15 is 0 Å². The number of unbranched alkanes of at least 4 members (excludes halogenated alkanes) is 1. The molecule has 12 heteroatoms. The molecule has 0 N–H and O–H groups in total. The SMILES string of the molecule is CCCCN(CCC(C)CN(C)C1=NCN([C@H]2CS[C@@H](COC)O2)C=C1)C1=NCN([C@H]2CS[C@@H](COC)O2)C=C1. The molecule has 226 valence electrons. The van der Waals surface area contributed by atoms with Gasteiger partial charge < -0.3 is 38.5 Å². The molecule has 2 saturated heterocycles. The molecule has 0 saturated carbocycles. The predicted molar refractivity (Wildman–Crippen MR) is 165 cm³/mol. The van der Waals surface area contributed by atoms with Crippen molar-refractivity contribution in [1.82, 2.24) is 19.6 Å². The van der Waals surface area contributed by atoms with E-state index in [-0.39, 0.29) is 23.3 Å². The van der Waals surface area contributed by atoms with Gasteiger partial charge in [0.25, 0.3) is 0 Å². The lowest BCUT2D eigenvalue weighted by Gasteiger charge is -2.33. The normalized spacial score (nSPS) is 27.2. The molecule has 1 unspecified atom stereocenters. The fraction of sp³-hybridized carbons (Fsp3) is 0.786. The maximum absolute atomic E-state index is 6.11. The Morgan fingerprint density at radius 1 is 0.950 bits per heavy atom. The third-order valence-corrected chi connectivity index (χ3v) is 9.60. The lowest BCUT2D eigenvalue weighted by Crippen LogP contribution is -2.40. The van der Waals surface area contributed by atoms with Crippen molar-refractivity contribution >= 4 is 35.2 Å². The van der Waals surface area contributed by atoms with Crippen LogP contribution in [0.15, 0.2) is 34.5 Å². The highest BCUT2D eigenvalue weighted by molar-refractivity contribution is 8.00. The van der Waals surface area contributed by atoms with Gasteiger partial charge in [0.2, 0.25) is 0 Å². The third kappa shape index (κ3) is 9.03. The highest BCUT2D eigenvalue weighted by atomic mass is 32.2. The average Bonchev–Trinajstić information content (AvgIpc) is 3.64. The summed E-state index contributed by atoms with van der Waals surface area (Å²) in [5.41, 5.74) is 0.218. The molecule has 4 aliphatic heterocycles. The molecule has 0 aromatic carbocycles. The number of hydrogen-bond donors (Lipinski definition) is 0. The second-order valence-corrected chi connectivity index (χ2v) is 13.1. The third-order valence-electron chi connectivity index (χ3n) is 7.41. The van der Waals surface area contributed by atoms with Crippen molar-refractivity contribution in [2.24, 2.45) is 15.9 Å². The zero-order valence-corrected chi connectivity index (χ0v) is 26.4. The zero-order valence-electron chi connectivity index (χ0n) is 24.8. The van der Waals surface area contributed by atoms with Crippen molar-refractivity contribution < 1.29 is 18.9 Å². The van der Waals surface area contributed by atoms with Crippen molar-refractivity contribution in [1.29, 1.82) is 0 Å². The molecule has 0 aromatic rings. The van der Waals surface area contributed by atoms with E-state index in [0.717, 1.165) is 49.2 Å². The second kappa shape index (κ2) is 16.3. The first kappa shape index (κ1) is 31.5. The van der Waals surface area contributed by atoms with Gasteiger partial charge in [-0.25, -0.2) is 9.98 Å². The predicted octanol–water partition coefficient (Wildman–Crippen LogP) is 3.54. The monoisotopic (exact) mass is 596 g/mol. The summed E-state index contributed by atoms with van der Waals surface area (Å²) in [5, 5.41) is 0. The molecule has 0 aliphatic carbocycles. The van der Waals surface area contributed by atoms with Crippen molar-refractivity contribution in [3.05, 3.63) is 24.6 Å². The van der Waals surface area contributed by atoms with Crippen LogP contribution in [0.3, 0.4) is 0 Å². The van der Waals surface area contributed by atoms with Crippen LogP contribution in [0.25, 0.3) is 0 Å². The van der Waals surface area contributed by atoms with Crippen LogP contribution in [-0.4, -0.2) is 134 Å². The van der Waals surface area contributed by atoms with Gasteiger partial charge in [-0.05, 0) is 30.9 Å². The number of rotatable bonds is 14. The van der Waals surface area contributed by atoms with E-state index in [1.807, 2.05) is 11.8 Å². The van der Waals surface area contributed by atoms with Crippen LogP contribution in [0.5, 0.6) is 0 Å². The van der Waals surface area contributed by atoms with Crippen molar-refractivity contribution in [3.63, 3.8) is 0 Å². The molecule has 0 radical (unpaired) electrons. The van der Waals surface area contributed by atoms with Crippen LogP contribution >= 0.6 is 23.5 Å². The molecular weight excluding hydrogens is 548 g/mol. The molecular formula is C28H48N6O4S2. The van der Waals surface area contributed by atoms with Crippen LogP contribution in [0.4, 0.5) is 0 Å². The van der Waals surface area contributed by atoms with Gasteiger partial charge >= 0.3 is 0 Å². The summed E-state index contributed by atoms with van der Waals surface area (Å²) >= 11 is 3.61. The first-order valence-corrected chi connectivity index (χ1v) is 16.5. The maximum atomic E-state index is 6.11. The fourth-order valence-electron chi connectivity index (χ4n) is 5.06. The molecule has 0 spiro atoms. The smallest absolute Gasteiger partial charge is 0.142 e. The lowest BCUT2D eigenvalue weighted by molar-refractivity contribution is -0.0415. The van der Waals surface area contributed by atoms with E-state index in [0.29, 0.717) is 32.5 Å². The summed E-state index contributed by atoms with van der Waals surface area (Å²) in [6.45, 7) is 10.1. The largest absolute Gasteiger partial charge is 0.381 e. The molecule has 0 amide bonds. The van der Waals surface area contributed by atoms with E-state index in [9.17, 15) is 0 Å². The molecule has 0 bridgehead atoms. The Bertz CT molecular complexity index is 906. The molecule has 4 aliphatic rings. The number of likely N-dealkylation sites (N-methyl/N-ethyl adjacent to an activating group) is 1. The minimum absolute atomic E-state index is 0.0611. The van der Waals surface area contributed by atoms with Gasteiger partial charge in [-0.2, -0.15) is 0 Å². The number of aliphatic imine (C=N–C) groups is 2. The van der Waals surface area contributed by atoms with E-state index < -0.39 is 0 Å². The minimum atomic E-state index is 0.0611. The molecule has 0 aromatic heterocycles. The second-order valence-electron chi connectivity index (χ2n) is 10.7. The van der Waals surface area contributed by atoms with Gasteiger partial charge in [-0.3, -0.25) is 0 Å². The van der Waals surface area contributed by atoms with Gasteiger partial charge in [0.15, 0.2) is 0 Å². The summed E-state index contributed by atoms with van der Waals surface area (Å²) in [6.07, 6.45) is 12.1. The zero-order chi connectivity index (χ0) is 28.3. The van der Waals surface area contributed by atoms with Gasteiger partial charge in [-0.1, -0.05) is 20.3 Å².